The van der Waals surface area contributed by atoms with Crippen LogP contribution in [0.15, 0.2) is 4.99 Å². The fourth-order valence-corrected chi connectivity index (χ4v) is 2.14. The number of likely N-dealkylation sites (tertiary alicyclic amines) is 1. The van der Waals surface area contributed by atoms with Crippen LogP contribution in [0.1, 0.15) is 26.7 Å². The molecule has 0 aromatic rings. The Balaban J connectivity index is 2.43. The molecule has 1 heterocycles. The lowest BCUT2D eigenvalue weighted by atomic mass is 10.00. The van der Waals surface area contributed by atoms with Crippen molar-refractivity contribution in [2.24, 2.45) is 10.9 Å². The van der Waals surface area contributed by atoms with Crippen LogP contribution >= 0.6 is 0 Å². The molecule has 20 heavy (non-hydrogen) atoms. The number of aliphatic imine (C=N–C) groups is 1. The van der Waals surface area contributed by atoms with Gasteiger partial charge in [-0.15, -0.1) is 0 Å². The molecule has 1 saturated heterocycles. The minimum Gasteiger partial charge on any atom is -0.383 e. The normalized spacial score (nSPS) is 17.1. The van der Waals surface area contributed by atoms with Crippen LogP contribution < -0.4 is 10.6 Å². The average Bonchev–Trinajstić information content (AvgIpc) is 2.45. The van der Waals surface area contributed by atoms with Gasteiger partial charge >= 0.3 is 0 Å². The van der Waals surface area contributed by atoms with E-state index in [-0.39, 0.29) is 12.5 Å². The van der Waals surface area contributed by atoms with Crippen LogP contribution in [0.25, 0.3) is 0 Å². The van der Waals surface area contributed by atoms with Crippen LogP contribution in [-0.2, 0) is 9.53 Å². The molecule has 2 N–H and O–H groups in total. The summed E-state index contributed by atoms with van der Waals surface area (Å²) in [5.41, 5.74) is 0. The lowest BCUT2D eigenvalue weighted by molar-refractivity contribution is -0.119. The van der Waals surface area contributed by atoms with Crippen molar-refractivity contribution in [1.29, 1.82) is 0 Å². The molecule has 0 atom stereocenters. The largest absolute Gasteiger partial charge is 0.383 e. The maximum Gasteiger partial charge on any atom is 0.241 e. The van der Waals surface area contributed by atoms with Crippen LogP contribution in [0.4, 0.5) is 0 Å². The first-order chi connectivity index (χ1) is 9.67. The maximum atomic E-state index is 11.6. The number of nitrogens with zero attached hydrogens (tertiary/aromatic N) is 2. The standard InChI is InChI=1S/C14H28N4O2/c1-4-15-14(18-8-5-12(2)6-9-18)17-11-13(19)16-7-10-20-3/h12H,4-11H2,1-3H3,(H,15,17)(H,16,19). The molecule has 116 valence electrons. The molecule has 6 heteroatoms. The van der Waals surface area contributed by atoms with Gasteiger partial charge in [-0.05, 0) is 25.7 Å². The first kappa shape index (κ1) is 16.8. The van der Waals surface area contributed by atoms with Crippen molar-refractivity contribution < 1.29 is 9.53 Å². The van der Waals surface area contributed by atoms with Crippen molar-refractivity contribution in [1.82, 2.24) is 15.5 Å². The average molecular weight is 284 g/mol. The van der Waals surface area contributed by atoms with E-state index in [0.717, 1.165) is 31.5 Å². The van der Waals surface area contributed by atoms with E-state index in [1.54, 1.807) is 7.11 Å². The second-order valence-electron chi connectivity index (χ2n) is 5.18. The zero-order valence-corrected chi connectivity index (χ0v) is 12.9. The van der Waals surface area contributed by atoms with Crippen molar-refractivity contribution in [3.05, 3.63) is 0 Å². The highest BCUT2D eigenvalue weighted by molar-refractivity contribution is 5.85. The topological polar surface area (TPSA) is 66.0 Å². The lowest BCUT2D eigenvalue weighted by Crippen LogP contribution is -2.46. The molecule has 6 nitrogen and oxygen atoms in total. The summed E-state index contributed by atoms with van der Waals surface area (Å²) in [6.45, 7) is 8.39. The van der Waals surface area contributed by atoms with E-state index in [2.05, 4.69) is 27.4 Å². The van der Waals surface area contributed by atoms with E-state index in [9.17, 15) is 4.79 Å². The van der Waals surface area contributed by atoms with Gasteiger partial charge in [0, 0.05) is 33.3 Å². The molecule has 0 saturated carbocycles. The van der Waals surface area contributed by atoms with Gasteiger partial charge in [0.1, 0.15) is 6.54 Å². The Hall–Kier alpha value is -1.30. The molecule has 1 amide bonds. The molecule has 0 aromatic heterocycles. The van der Waals surface area contributed by atoms with Crippen molar-refractivity contribution in [3.8, 4) is 0 Å². The Morgan fingerprint density at radius 2 is 2.05 bits per heavy atom. The van der Waals surface area contributed by atoms with Crippen LogP contribution in [0.3, 0.4) is 0 Å². The molecular formula is C14H28N4O2. The second-order valence-corrected chi connectivity index (χ2v) is 5.18. The molecule has 1 aliphatic heterocycles. The Morgan fingerprint density at radius 1 is 1.35 bits per heavy atom. The van der Waals surface area contributed by atoms with Gasteiger partial charge in [0.05, 0.1) is 6.61 Å². The minimum absolute atomic E-state index is 0.0668. The smallest absolute Gasteiger partial charge is 0.241 e. The summed E-state index contributed by atoms with van der Waals surface area (Å²) in [7, 11) is 1.62. The van der Waals surface area contributed by atoms with Gasteiger partial charge in [0.25, 0.3) is 0 Å². The molecule has 0 aromatic carbocycles. The summed E-state index contributed by atoms with van der Waals surface area (Å²) >= 11 is 0. The SMILES string of the molecule is CCNC(=NCC(=O)NCCOC)N1CCC(C)CC1. The van der Waals surface area contributed by atoms with E-state index >= 15 is 0 Å². The van der Waals surface area contributed by atoms with Gasteiger partial charge in [-0.25, -0.2) is 4.99 Å². The van der Waals surface area contributed by atoms with Gasteiger partial charge < -0.3 is 20.3 Å². The van der Waals surface area contributed by atoms with Gasteiger partial charge in [-0.2, -0.15) is 0 Å². The van der Waals surface area contributed by atoms with Crippen molar-refractivity contribution in [2.75, 3.05) is 46.4 Å². The second kappa shape index (κ2) is 9.58. The summed E-state index contributed by atoms with van der Waals surface area (Å²) in [5.74, 6) is 1.57. The third kappa shape index (κ3) is 6.23. The zero-order chi connectivity index (χ0) is 14.8. The molecule has 0 unspecified atom stereocenters. The van der Waals surface area contributed by atoms with Gasteiger partial charge in [-0.3, -0.25) is 4.79 Å². The lowest BCUT2D eigenvalue weighted by Gasteiger charge is -2.32. The third-order valence-corrected chi connectivity index (χ3v) is 3.42. The number of hydrogen-bond acceptors (Lipinski definition) is 3. The zero-order valence-electron chi connectivity index (χ0n) is 12.9. The number of guanidine groups is 1. The van der Waals surface area contributed by atoms with E-state index in [1.165, 1.54) is 12.8 Å². The monoisotopic (exact) mass is 284 g/mol. The molecule has 1 aliphatic rings. The predicted octanol–water partition coefficient (Wildman–Crippen LogP) is 0.446. The van der Waals surface area contributed by atoms with Crippen molar-refractivity contribution in [2.45, 2.75) is 26.7 Å². The molecule has 1 fully saturated rings. The number of amides is 1. The number of rotatable bonds is 6. The first-order valence-electron chi connectivity index (χ1n) is 7.46. The van der Waals surface area contributed by atoms with Crippen LogP contribution in [-0.4, -0.2) is 63.2 Å². The highest BCUT2D eigenvalue weighted by Gasteiger charge is 2.18. The quantitative estimate of drug-likeness (QED) is 0.422. The fourth-order valence-electron chi connectivity index (χ4n) is 2.14. The molecule has 0 bridgehead atoms. The number of piperidine rings is 1. The molecular weight excluding hydrogens is 256 g/mol. The summed E-state index contributed by atoms with van der Waals surface area (Å²) < 4.78 is 4.89. The Morgan fingerprint density at radius 3 is 2.65 bits per heavy atom. The highest BCUT2D eigenvalue weighted by atomic mass is 16.5. The number of hydrogen-bond donors (Lipinski definition) is 2. The van der Waals surface area contributed by atoms with Gasteiger partial charge in [0.2, 0.25) is 5.91 Å². The fraction of sp³-hybridized carbons (Fsp3) is 0.857. The van der Waals surface area contributed by atoms with E-state index < -0.39 is 0 Å². The highest BCUT2D eigenvalue weighted by Crippen LogP contribution is 2.15. The number of carbonyl (C=O) groups is 1. The Labute approximate surface area is 122 Å². The first-order valence-corrected chi connectivity index (χ1v) is 7.46. The van der Waals surface area contributed by atoms with Crippen molar-refractivity contribution in [3.63, 3.8) is 0 Å². The summed E-state index contributed by atoms with van der Waals surface area (Å²) in [6.07, 6.45) is 2.37. The third-order valence-electron chi connectivity index (χ3n) is 3.42. The van der Waals surface area contributed by atoms with Crippen LogP contribution in [0, 0.1) is 5.92 Å². The predicted molar refractivity (Wildman–Crippen MR) is 80.8 cm³/mol. The van der Waals surface area contributed by atoms with Crippen LogP contribution in [0.2, 0.25) is 0 Å². The summed E-state index contributed by atoms with van der Waals surface area (Å²) in [5, 5.41) is 6.03. The number of nitrogens with one attached hydrogen (secondary N) is 2. The maximum absolute atomic E-state index is 11.6. The summed E-state index contributed by atoms with van der Waals surface area (Å²) in [4.78, 5) is 18.3. The van der Waals surface area contributed by atoms with E-state index in [4.69, 9.17) is 4.74 Å². The molecule has 0 radical (unpaired) electrons. The van der Waals surface area contributed by atoms with Crippen molar-refractivity contribution >= 4 is 11.9 Å². The molecule has 0 spiro atoms. The van der Waals surface area contributed by atoms with Gasteiger partial charge in [0.15, 0.2) is 5.96 Å². The minimum atomic E-state index is -0.0668. The number of carbonyl (C=O) groups excluding carboxylic acids is 1. The summed E-state index contributed by atoms with van der Waals surface area (Å²) in [6, 6.07) is 0. The Bertz CT molecular complexity index is 312. The molecule has 0 aliphatic carbocycles. The van der Waals surface area contributed by atoms with E-state index in [0.29, 0.717) is 13.2 Å². The number of ether oxygens (including phenoxy) is 1. The molecule has 1 rings (SSSR count). The Kier molecular flexibility index (Phi) is 8.02. The van der Waals surface area contributed by atoms with Crippen LogP contribution in [0.5, 0.6) is 0 Å². The van der Waals surface area contributed by atoms with Gasteiger partial charge in [-0.1, -0.05) is 6.92 Å². The number of methoxy groups -OCH3 is 1. The van der Waals surface area contributed by atoms with E-state index in [1.807, 2.05) is 6.92 Å².